The Balaban J connectivity index is 1.46. The first kappa shape index (κ1) is 19.8. The Bertz CT molecular complexity index is 744. The van der Waals surface area contributed by atoms with E-state index in [1.54, 1.807) is 23.3 Å². The fourth-order valence-corrected chi connectivity index (χ4v) is 3.84. The normalized spacial score (nSPS) is 16.9. The van der Waals surface area contributed by atoms with Gasteiger partial charge in [0.05, 0.1) is 30.9 Å². The minimum absolute atomic E-state index is 0.144. The number of thiazole rings is 1. The number of carbonyl (C=O) groups is 1. The molecule has 1 aliphatic rings. The quantitative estimate of drug-likeness (QED) is 0.771. The summed E-state index contributed by atoms with van der Waals surface area (Å²) in [5, 5.41) is 3.94. The van der Waals surface area contributed by atoms with Crippen molar-refractivity contribution in [1.29, 1.82) is 0 Å². The summed E-state index contributed by atoms with van der Waals surface area (Å²) in [5.74, 6) is 0. The topological polar surface area (TPSA) is 63.7 Å². The van der Waals surface area contributed by atoms with Gasteiger partial charge in [0, 0.05) is 30.4 Å². The summed E-state index contributed by atoms with van der Waals surface area (Å²) in [4.78, 5) is 19.3. The van der Waals surface area contributed by atoms with Crippen LogP contribution >= 0.6 is 11.3 Å². The molecule has 2 aromatic rings. The third kappa shape index (κ3) is 6.30. The lowest BCUT2D eigenvalue weighted by atomic mass is 10.1. The van der Waals surface area contributed by atoms with E-state index in [0.717, 1.165) is 40.6 Å². The molecule has 0 unspecified atom stereocenters. The third-order valence-corrected chi connectivity index (χ3v) is 5.33. The Kier molecular flexibility index (Phi) is 7.20. The summed E-state index contributed by atoms with van der Waals surface area (Å²) in [5.41, 5.74) is 1.80. The average molecular weight is 390 g/mol. The van der Waals surface area contributed by atoms with E-state index in [1.807, 2.05) is 37.4 Å². The van der Waals surface area contributed by atoms with Gasteiger partial charge in [-0.3, -0.25) is 0 Å². The highest BCUT2D eigenvalue weighted by Gasteiger charge is 2.14. The first-order chi connectivity index (χ1) is 13.1. The number of carbonyl (C=O) groups excluding carboxylic acids is 1. The lowest BCUT2D eigenvalue weighted by molar-refractivity contribution is -0.0447. The van der Waals surface area contributed by atoms with Gasteiger partial charge in [-0.2, -0.15) is 0 Å². The van der Waals surface area contributed by atoms with Crippen molar-refractivity contribution >= 4 is 23.1 Å². The SMILES string of the molecule is Cc1ncc(CN(C)C(=O)Nc2cccc(COC[C@@H]3CCCCO3)c2)s1. The van der Waals surface area contributed by atoms with Gasteiger partial charge in [-0.1, -0.05) is 12.1 Å². The Morgan fingerprint density at radius 2 is 2.33 bits per heavy atom. The summed E-state index contributed by atoms with van der Waals surface area (Å²) in [6.07, 6.45) is 5.46. The number of rotatable bonds is 7. The number of anilines is 1. The zero-order valence-electron chi connectivity index (χ0n) is 15.9. The predicted molar refractivity (Wildman–Crippen MR) is 107 cm³/mol. The Morgan fingerprint density at radius 3 is 3.07 bits per heavy atom. The number of urea groups is 1. The van der Waals surface area contributed by atoms with Crippen molar-refractivity contribution in [3.8, 4) is 0 Å². The zero-order chi connectivity index (χ0) is 19.1. The van der Waals surface area contributed by atoms with E-state index in [1.165, 1.54) is 6.42 Å². The van der Waals surface area contributed by atoms with E-state index < -0.39 is 0 Å². The molecule has 0 bridgehead atoms. The van der Waals surface area contributed by atoms with Crippen molar-refractivity contribution in [2.24, 2.45) is 0 Å². The molecular weight excluding hydrogens is 362 g/mol. The molecule has 0 saturated carbocycles. The van der Waals surface area contributed by atoms with Crippen LogP contribution in [0.5, 0.6) is 0 Å². The number of ether oxygens (including phenoxy) is 2. The highest BCUT2D eigenvalue weighted by molar-refractivity contribution is 7.11. The molecule has 0 aliphatic carbocycles. The van der Waals surface area contributed by atoms with Crippen LogP contribution in [0.3, 0.4) is 0 Å². The molecule has 27 heavy (non-hydrogen) atoms. The number of aromatic nitrogens is 1. The van der Waals surface area contributed by atoms with E-state index in [9.17, 15) is 4.79 Å². The molecule has 146 valence electrons. The van der Waals surface area contributed by atoms with Crippen LogP contribution in [-0.4, -0.2) is 42.3 Å². The molecule has 2 heterocycles. The van der Waals surface area contributed by atoms with Crippen molar-refractivity contribution in [2.45, 2.75) is 45.4 Å². The van der Waals surface area contributed by atoms with Crippen LogP contribution in [0, 0.1) is 6.92 Å². The first-order valence-electron chi connectivity index (χ1n) is 9.32. The van der Waals surface area contributed by atoms with Gasteiger partial charge < -0.3 is 19.7 Å². The predicted octanol–water partition coefficient (Wildman–Crippen LogP) is 4.20. The van der Waals surface area contributed by atoms with Gasteiger partial charge in [-0.15, -0.1) is 11.3 Å². The van der Waals surface area contributed by atoms with Crippen molar-refractivity contribution in [1.82, 2.24) is 9.88 Å². The Labute approximate surface area is 164 Å². The highest BCUT2D eigenvalue weighted by Crippen LogP contribution is 2.17. The van der Waals surface area contributed by atoms with E-state index >= 15 is 0 Å². The fraction of sp³-hybridized carbons (Fsp3) is 0.500. The number of nitrogens with one attached hydrogen (secondary N) is 1. The molecule has 1 saturated heterocycles. The first-order valence-corrected chi connectivity index (χ1v) is 10.1. The van der Waals surface area contributed by atoms with Crippen LogP contribution in [0.2, 0.25) is 0 Å². The minimum atomic E-state index is -0.144. The molecule has 0 radical (unpaired) electrons. The molecule has 3 rings (SSSR count). The lowest BCUT2D eigenvalue weighted by Gasteiger charge is -2.22. The summed E-state index contributed by atoms with van der Waals surface area (Å²) < 4.78 is 11.5. The van der Waals surface area contributed by atoms with E-state index in [2.05, 4.69) is 10.3 Å². The second kappa shape index (κ2) is 9.82. The van der Waals surface area contributed by atoms with Crippen LogP contribution in [0.1, 0.15) is 34.7 Å². The molecule has 0 spiro atoms. The smallest absolute Gasteiger partial charge is 0.321 e. The average Bonchev–Trinajstić information content (AvgIpc) is 3.07. The lowest BCUT2D eigenvalue weighted by Crippen LogP contribution is -2.30. The van der Waals surface area contributed by atoms with Gasteiger partial charge in [0.1, 0.15) is 0 Å². The van der Waals surface area contributed by atoms with E-state index in [-0.39, 0.29) is 12.1 Å². The van der Waals surface area contributed by atoms with Crippen molar-refractivity contribution < 1.29 is 14.3 Å². The number of amides is 2. The monoisotopic (exact) mass is 389 g/mol. The van der Waals surface area contributed by atoms with Gasteiger partial charge in [0.15, 0.2) is 0 Å². The number of benzene rings is 1. The van der Waals surface area contributed by atoms with Gasteiger partial charge >= 0.3 is 6.03 Å². The molecule has 1 aliphatic heterocycles. The minimum Gasteiger partial charge on any atom is -0.376 e. The number of hydrogen-bond acceptors (Lipinski definition) is 5. The van der Waals surface area contributed by atoms with E-state index in [0.29, 0.717) is 19.8 Å². The molecule has 1 fully saturated rings. The van der Waals surface area contributed by atoms with Gasteiger partial charge in [0.25, 0.3) is 0 Å². The summed E-state index contributed by atoms with van der Waals surface area (Å²) in [7, 11) is 1.78. The summed E-state index contributed by atoms with van der Waals surface area (Å²) in [6.45, 7) is 4.47. The molecule has 1 atom stereocenters. The standard InChI is InChI=1S/C20H27N3O3S/c1-15-21-11-19(27-15)12-23(2)20(24)22-17-7-5-6-16(10-17)13-25-14-18-8-3-4-9-26-18/h5-7,10-11,18H,3-4,8-9,12-14H2,1-2H3,(H,22,24)/t18-/m0/s1. The van der Waals surface area contributed by atoms with Crippen LogP contribution < -0.4 is 5.32 Å². The summed E-state index contributed by atoms with van der Waals surface area (Å²) >= 11 is 1.60. The number of nitrogens with zero attached hydrogens (tertiary/aromatic N) is 2. The molecule has 1 N–H and O–H groups in total. The fourth-order valence-electron chi connectivity index (χ4n) is 2.99. The van der Waals surface area contributed by atoms with Crippen LogP contribution in [0.4, 0.5) is 10.5 Å². The van der Waals surface area contributed by atoms with Gasteiger partial charge in [-0.05, 0) is 43.9 Å². The van der Waals surface area contributed by atoms with Crippen LogP contribution in [0.25, 0.3) is 0 Å². The second-order valence-electron chi connectivity index (χ2n) is 6.84. The molecule has 1 aromatic heterocycles. The van der Waals surface area contributed by atoms with Crippen LogP contribution in [0.15, 0.2) is 30.5 Å². The van der Waals surface area contributed by atoms with E-state index in [4.69, 9.17) is 9.47 Å². The maximum atomic E-state index is 12.4. The number of aryl methyl sites for hydroxylation is 1. The molecule has 7 heteroatoms. The molecule has 6 nitrogen and oxygen atoms in total. The van der Waals surface area contributed by atoms with Crippen LogP contribution in [-0.2, 0) is 22.6 Å². The second-order valence-corrected chi connectivity index (χ2v) is 8.16. The zero-order valence-corrected chi connectivity index (χ0v) is 16.8. The highest BCUT2D eigenvalue weighted by atomic mass is 32.1. The number of hydrogen-bond donors (Lipinski definition) is 1. The Hall–Kier alpha value is -1.96. The van der Waals surface area contributed by atoms with Crippen molar-refractivity contribution in [3.63, 3.8) is 0 Å². The van der Waals surface area contributed by atoms with Crippen molar-refractivity contribution in [3.05, 3.63) is 45.9 Å². The summed E-state index contributed by atoms with van der Waals surface area (Å²) in [6, 6.07) is 7.62. The van der Waals surface area contributed by atoms with Gasteiger partial charge in [-0.25, -0.2) is 9.78 Å². The van der Waals surface area contributed by atoms with Gasteiger partial charge in [0.2, 0.25) is 0 Å². The third-order valence-electron chi connectivity index (χ3n) is 4.43. The van der Waals surface area contributed by atoms with Crippen molar-refractivity contribution in [2.75, 3.05) is 25.6 Å². The molecular formula is C20H27N3O3S. The molecule has 2 amide bonds. The largest absolute Gasteiger partial charge is 0.376 e. The Morgan fingerprint density at radius 1 is 1.44 bits per heavy atom. The molecule has 1 aromatic carbocycles. The maximum absolute atomic E-state index is 12.4. The maximum Gasteiger partial charge on any atom is 0.321 e.